The molecule has 1 aromatic heterocycles. The smallest absolute Gasteiger partial charge is 0.261 e. The fourth-order valence-corrected chi connectivity index (χ4v) is 4.68. The lowest BCUT2D eigenvalue weighted by Crippen LogP contribution is -2.13. The SMILES string of the molecule is O=S(=O)(Nc1ccc(Oc2cnccn2)cc1)c1ccc(C2CCCCC2)cc1. The Labute approximate surface area is 171 Å². The van der Waals surface area contributed by atoms with Crippen molar-refractivity contribution >= 4 is 15.7 Å². The van der Waals surface area contributed by atoms with Gasteiger partial charge in [-0.2, -0.15) is 0 Å². The number of ether oxygens (including phenoxy) is 1. The van der Waals surface area contributed by atoms with Gasteiger partial charge >= 0.3 is 0 Å². The average Bonchev–Trinajstić information content (AvgIpc) is 2.76. The molecule has 0 amide bonds. The summed E-state index contributed by atoms with van der Waals surface area (Å²) in [6.45, 7) is 0. The first kappa shape index (κ1) is 19.4. The van der Waals surface area contributed by atoms with E-state index in [2.05, 4.69) is 14.7 Å². The Bertz CT molecular complexity index is 1030. The lowest BCUT2D eigenvalue weighted by molar-refractivity contribution is 0.443. The highest BCUT2D eigenvalue weighted by Crippen LogP contribution is 2.33. The lowest BCUT2D eigenvalue weighted by atomic mass is 9.84. The minimum absolute atomic E-state index is 0.261. The topological polar surface area (TPSA) is 81.2 Å². The molecular formula is C22H23N3O3S. The van der Waals surface area contributed by atoms with Gasteiger partial charge in [-0.05, 0) is 60.7 Å². The van der Waals surface area contributed by atoms with Gasteiger partial charge in [-0.25, -0.2) is 13.4 Å². The maximum atomic E-state index is 12.7. The second-order valence-electron chi connectivity index (χ2n) is 7.18. The molecule has 1 fully saturated rings. The number of anilines is 1. The maximum absolute atomic E-state index is 12.7. The number of nitrogens with zero attached hydrogens (tertiary/aromatic N) is 2. The van der Waals surface area contributed by atoms with Gasteiger partial charge in [0.25, 0.3) is 10.0 Å². The van der Waals surface area contributed by atoms with Crippen LogP contribution in [0.1, 0.15) is 43.6 Å². The third-order valence-electron chi connectivity index (χ3n) is 5.14. The second kappa shape index (κ2) is 8.61. The molecule has 0 radical (unpaired) electrons. The van der Waals surface area contributed by atoms with Crippen LogP contribution in [-0.2, 0) is 10.0 Å². The van der Waals surface area contributed by atoms with Crippen LogP contribution >= 0.6 is 0 Å². The molecule has 0 aliphatic heterocycles. The second-order valence-corrected chi connectivity index (χ2v) is 8.86. The van der Waals surface area contributed by atoms with E-state index in [4.69, 9.17) is 4.74 Å². The molecule has 0 saturated heterocycles. The Morgan fingerprint density at radius 2 is 1.62 bits per heavy atom. The van der Waals surface area contributed by atoms with Gasteiger partial charge in [0.2, 0.25) is 5.88 Å². The molecule has 1 heterocycles. The largest absolute Gasteiger partial charge is 0.438 e. The first-order valence-corrected chi connectivity index (χ1v) is 11.3. The number of hydrogen-bond donors (Lipinski definition) is 1. The van der Waals surface area contributed by atoms with Gasteiger partial charge in [-0.15, -0.1) is 0 Å². The first-order valence-electron chi connectivity index (χ1n) is 9.77. The molecule has 0 spiro atoms. The van der Waals surface area contributed by atoms with Gasteiger partial charge in [-0.1, -0.05) is 31.4 Å². The zero-order chi connectivity index (χ0) is 20.1. The lowest BCUT2D eigenvalue weighted by Gasteiger charge is -2.22. The number of rotatable bonds is 6. The van der Waals surface area contributed by atoms with Crippen LogP contribution in [0.2, 0.25) is 0 Å². The maximum Gasteiger partial charge on any atom is 0.261 e. The predicted molar refractivity (Wildman–Crippen MR) is 112 cm³/mol. The van der Waals surface area contributed by atoms with Crippen molar-refractivity contribution < 1.29 is 13.2 Å². The summed E-state index contributed by atoms with van der Waals surface area (Å²) < 4.78 is 33.6. The quantitative estimate of drug-likeness (QED) is 0.611. The van der Waals surface area contributed by atoms with Crippen molar-refractivity contribution in [2.75, 3.05) is 4.72 Å². The van der Waals surface area contributed by atoms with Crippen molar-refractivity contribution in [3.8, 4) is 11.6 Å². The zero-order valence-electron chi connectivity index (χ0n) is 16.0. The van der Waals surface area contributed by atoms with Crippen molar-refractivity contribution in [2.45, 2.75) is 42.9 Å². The van der Waals surface area contributed by atoms with E-state index in [9.17, 15) is 8.42 Å². The third-order valence-corrected chi connectivity index (χ3v) is 6.53. The fraction of sp³-hybridized carbons (Fsp3) is 0.273. The molecule has 1 N–H and O–H groups in total. The number of aromatic nitrogens is 2. The van der Waals surface area contributed by atoms with Gasteiger partial charge in [0, 0.05) is 18.1 Å². The van der Waals surface area contributed by atoms with E-state index >= 15 is 0 Å². The molecule has 29 heavy (non-hydrogen) atoms. The number of nitrogens with one attached hydrogen (secondary N) is 1. The van der Waals surface area contributed by atoms with Crippen molar-refractivity contribution in [1.29, 1.82) is 0 Å². The van der Waals surface area contributed by atoms with E-state index in [1.54, 1.807) is 42.6 Å². The molecule has 0 unspecified atom stereocenters. The summed E-state index contributed by atoms with van der Waals surface area (Å²) in [4.78, 5) is 8.24. The summed E-state index contributed by atoms with van der Waals surface area (Å²) >= 11 is 0. The Morgan fingerprint density at radius 1 is 0.897 bits per heavy atom. The fourth-order valence-electron chi connectivity index (χ4n) is 3.62. The van der Waals surface area contributed by atoms with Crippen molar-refractivity contribution in [1.82, 2.24) is 9.97 Å². The molecule has 2 aromatic carbocycles. The summed E-state index contributed by atoms with van der Waals surface area (Å²) in [5.41, 5.74) is 1.70. The Balaban J connectivity index is 1.42. The van der Waals surface area contributed by atoms with E-state index < -0.39 is 10.0 Å². The monoisotopic (exact) mass is 409 g/mol. The van der Waals surface area contributed by atoms with Crippen LogP contribution in [0.15, 0.2) is 72.0 Å². The van der Waals surface area contributed by atoms with E-state index in [0.29, 0.717) is 23.2 Å². The van der Waals surface area contributed by atoms with Crippen molar-refractivity contribution in [3.63, 3.8) is 0 Å². The highest BCUT2D eigenvalue weighted by atomic mass is 32.2. The summed E-state index contributed by atoms with van der Waals surface area (Å²) in [6, 6.07) is 13.9. The minimum atomic E-state index is -3.65. The normalized spacial score (nSPS) is 15.0. The Morgan fingerprint density at radius 3 is 2.28 bits per heavy atom. The number of benzene rings is 2. The van der Waals surface area contributed by atoms with Crippen LogP contribution < -0.4 is 9.46 Å². The van der Waals surface area contributed by atoms with Crippen LogP contribution in [0.5, 0.6) is 11.6 Å². The Hall–Kier alpha value is -2.93. The molecule has 6 nitrogen and oxygen atoms in total. The highest BCUT2D eigenvalue weighted by molar-refractivity contribution is 7.92. The highest BCUT2D eigenvalue weighted by Gasteiger charge is 2.18. The Kier molecular flexibility index (Phi) is 5.76. The predicted octanol–water partition coefficient (Wildman–Crippen LogP) is 5.12. The van der Waals surface area contributed by atoms with Crippen LogP contribution in [-0.4, -0.2) is 18.4 Å². The van der Waals surface area contributed by atoms with Crippen LogP contribution in [0.3, 0.4) is 0 Å². The summed E-state index contributed by atoms with van der Waals surface area (Å²) in [7, 11) is -3.65. The molecule has 0 atom stereocenters. The molecule has 0 bridgehead atoms. The molecule has 3 aromatic rings. The average molecular weight is 410 g/mol. The van der Waals surface area contributed by atoms with Crippen LogP contribution in [0.25, 0.3) is 0 Å². The van der Waals surface area contributed by atoms with Crippen LogP contribution in [0, 0.1) is 0 Å². The van der Waals surface area contributed by atoms with Gasteiger partial charge in [0.05, 0.1) is 11.1 Å². The van der Waals surface area contributed by atoms with Gasteiger partial charge < -0.3 is 4.74 Å². The molecule has 1 aliphatic rings. The molecule has 4 rings (SSSR count). The van der Waals surface area contributed by atoms with Gasteiger partial charge in [0.1, 0.15) is 5.75 Å². The molecule has 7 heteroatoms. The van der Waals surface area contributed by atoms with Crippen molar-refractivity contribution in [2.24, 2.45) is 0 Å². The summed E-state index contributed by atoms with van der Waals surface area (Å²) in [5, 5.41) is 0. The van der Waals surface area contributed by atoms with Gasteiger partial charge in [-0.3, -0.25) is 9.71 Å². The molecule has 1 saturated carbocycles. The summed E-state index contributed by atoms with van der Waals surface area (Å²) in [5.74, 6) is 1.47. The number of sulfonamides is 1. The molecule has 1 aliphatic carbocycles. The van der Waals surface area contributed by atoms with E-state index in [1.807, 2.05) is 12.1 Å². The third kappa shape index (κ3) is 4.92. The number of hydrogen-bond acceptors (Lipinski definition) is 5. The van der Waals surface area contributed by atoms with E-state index in [-0.39, 0.29) is 4.90 Å². The van der Waals surface area contributed by atoms with E-state index in [0.717, 1.165) is 0 Å². The molecular weight excluding hydrogens is 386 g/mol. The van der Waals surface area contributed by atoms with Crippen LogP contribution in [0.4, 0.5) is 5.69 Å². The van der Waals surface area contributed by atoms with E-state index in [1.165, 1.54) is 50.1 Å². The van der Waals surface area contributed by atoms with Crippen molar-refractivity contribution in [3.05, 3.63) is 72.7 Å². The van der Waals surface area contributed by atoms with Gasteiger partial charge in [0.15, 0.2) is 0 Å². The first-order chi connectivity index (χ1) is 14.1. The minimum Gasteiger partial charge on any atom is -0.438 e. The zero-order valence-corrected chi connectivity index (χ0v) is 16.8. The standard InChI is InChI=1S/C22H23N3O3S/c26-29(27,21-12-6-18(7-13-21)17-4-2-1-3-5-17)25-19-8-10-20(11-9-19)28-22-16-23-14-15-24-22/h6-17,25H,1-5H2. The summed E-state index contributed by atoms with van der Waals surface area (Å²) in [6.07, 6.45) is 10.8. The molecule has 150 valence electrons.